The van der Waals surface area contributed by atoms with Crippen LogP contribution in [0.4, 0.5) is 10.1 Å². The minimum atomic E-state index is -0.276. The summed E-state index contributed by atoms with van der Waals surface area (Å²) in [5.74, 6) is 0.814. The molecule has 0 saturated heterocycles. The summed E-state index contributed by atoms with van der Waals surface area (Å²) in [7, 11) is 0. The number of halogens is 1. The van der Waals surface area contributed by atoms with Crippen molar-refractivity contribution >= 4 is 5.69 Å². The lowest BCUT2D eigenvalue weighted by atomic mass is 10.0. The minimum Gasteiger partial charge on any atom is -0.486 e. The van der Waals surface area contributed by atoms with Crippen molar-refractivity contribution in [1.82, 2.24) is 0 Å². The number of rotatable bonds is 3. The maximum absolute atomic E-state index is 13.3. The fourth-order valence-corrected chi connectivity index (χ4v) is 2.10. The van der Waals surface area contributed by atoms with Gasteiger partial charge in [-0.05, 0) is 18.1 Å². The molecule has 1 aliphatic heterocycles. The number of nitrogens with zero attached hydrogens (tertiary/aromatic N) is 2. The molecule has 3 nitrogen and oxygen atoms in total. The van der Waals surface area contributed by atoms with E-state index in [1.807, 2.05) is 4.90 Å². The molecule has 0 aliphatic carbocycles. The standard InChI is InChI=1S/C14H17FN2O/c1-10(2)14-9-17(7-3-6-16)12-8-11(15)4-5-13(12)18-14/h4-5,8,10,14H,3,7,9H2,1-2H3. The van der Waals surface area contributed by atoms with Gasteiger partial charge in [-0.3, -0.25) is 0 Å². The van der Waals surface area contributed by atoms with E-state index in [9.17, 15) is 4.39 Å². The van der Waals surface area contributed by atoms with Crippen molar-refractivity contribution in [3.63, 3.8) is 0 Å². The van der Waals surface area contributed by atoms with E-state index in [0.717, 1.165) is 5.69 Å². The molecule has 1 unspecified atom stereocenters. The number of benzene rings is 1. The van der Waals surface area contributed by atoms with E-state index in [1.165, 1.54) is 12.1 Å². The molecule has 1 atom stereocenters. The van der Waals surface area contributed by atoms with E-state index in [0.29, 0.717) is 31.2 Å². The molecule has 0 spiro atoms. The SMILES string of the molecule is CC(C)C1CN(CCC#N)c2cc(F)ccc2O1. The predicted octanol–water partition coefficient (Wildman–Crippen LogP) is 2.96. The Morgan fingerprint density at radius 2 is 2.33 bits per heavy atom. The van der Waals surface area contributed by atoms with Gasteiger partial charge in [0.2, 0.25) is 0 Å². The van der Waals surface area contributed by atoms with Crippen molar-refractivity contribution in [3.05, 3.63) is 24.0 Å². The minimum absolute atomic E-state index is 0.0849. The third-order valence-corrected chi connectivity index (χ3v) is 3.18. The van der Waals surface area contributed by atoms with Gasteiger partial charge in [0.25, 0.3) is 0 Å². The van der Waals surface area contributed by atoms with Crippen LogP contribution >= 0.6 is 0 Å². The normalized spacial score (nSPS) is 18.2. The molecule has 0 aromatic heterocycles. The largest absolute Gasteiger partial charge is 0.486 e. The van der Waals surface area contributed by atoms with Crippen molar-refractivity contribution in [2.45, 2.75) is 26.4 Å². The smallest absolute Gasteiger partial charge is 0.143 e. The molecule has 0 N–H and O–H groups in total. The van der Waals surface area contributed by atoms with Crippen LogP contribution in [0.3, 0.4) is 0 Å². The highest BCUT2D eigenvalue weighted by Crippen LogP contribution is 2.35. The molecule has 1 aliphatic rings. The predicted molar refractivity (Wildman–Crippen MR) is 68.1 cm³/mol. The molecule has 1 heterocycles. The lowest BCUT2D eigenvalue weighted by Crippen LogP contribution is -2.43. The summed E-state index contributed by atoms with van der Waals surface area (Å²) in [6.07, 6.45) is 0.516. The van der Waals surface area contributed by atoms with Crippen molar-refractivity contribution in [1.29, 1.82) is 5.26 Å². The fraction of sp³-hybridized carbons (Fsp3) is 0.500. The fourth-order valence-electron chi connectivity index (χ4n) is 2.10. The van der Waals surface area contributed by atoms with Gasteiger partial charge in [0, 0.05) is 12.6 Å². The summed E-state index contributed by atoms with van der Waals surface area (Å²) in [5.41, 5.74) is 0.752. The topological polar surface area (TPSA) is 36.3 Å². The van der Waals surface area contributed by atoms with Crippen LogP contribution in [0.2, 0.25) is 0 Å². The quantitative estimate of drug-likeness (QED) is 0.825. The molecule has 0 saturated carbocycles. The molecule has 0 radical (unpaired) electrons. The molecule has 0 fully saturated rings. The van der Waals surface area contributed by atoms with E-state index in [-0.39, 0.29) is 11.9 Å². The summed E-state index contributed by atoms with van der Waals surface area (Å²) in [4.78, 5) is 2.04. The third kappa shape index (κ3) is 2.56. The molecule has 0 amide bonds. The van der Waals surface area contributed by atoms with Crippen LogP contribution in [0.1, 0.15) is 20.3 Å². The summed E-state index contributed by atoms with van der Waals surface area (Å²) < 4.78 is 19.2. The average molecular weight is 248 g/mol. The Labute approximate surface area is 107 Å². The van der Waals surface area contributed by atoms with Crippen LogP contribution in [0, 0.1) is 23.1 Å². The van der Waals surface area contributed by atoms with E-state index in [4.69, 9.17) is 10.00 Å². The van der Waals surface area contributed by atoms with E-state index in [1.54, 1.807) is 6.07 Å². The van der Waals surface area contributed by atoms with Gasteiger partial charge in [0.1, 0.15) is 17.7 Å². The van der Waals surface area contributed by atoms with Gasteiger partial charge in [-0.1, -0.05) is 13.8 Å². The Morgan fingerprint density at radius 1 is 1.56 bits per heavy atom. The summed E-state index contributed by atoms with van der Waals surface area (Å²) in [6.45, 7) is 5.51. The zero-order valence-corrected chi connectivity index (χ0v) is 10.7. The molecular weight excluding hydrogens is 231 g/mol. The second-order valence-electron chi connectivity index (χ2n) is 4.87. The van der Waals surface area contributed by atoms with Crippen LogP contribution in [-0.2, 0) is 0 Å². The highest BCUT2D eigenvalue weighted by molar-refractivity contribution is 5.60. The molecule has 2 rings (SSSR count). The second-order valence-corrected chi connectivity index (χ2v) is 4.87. The van der Waals surface area contributed by atoms with Crippen LogP contribution in [-0.4, -0.2) is 19.2 Å². The molecule has 4 heteroatoms. The molecule has 18 heavy (non-hydrogen) atoms. The van der Waals surface area contributed by atoms with Gasteiger partial charge < -0.3 is 9.64 Å². The Kier molecular flexibility index (Phi) is 3.71. The van der Waals surface area contributed by atoms with Crippen LogP contribution in [0.25, 0.3) is 0 Å². The lowest BCUT2D eigenvalue weighted by Gasteiger charge is -2.37. The summed E-state index contributed by atoms with van der Waals surface area (Å²) in [6, 6.07) is 6.68. The Morgan fingerprint density at radius 3 is 3.00 bits per heavy atom. The zero-order chi connectivity index (χ0) is 13.1. The maximum atomic E-state index is 13.3. The summed E-state index contributed by atoms with van der Waals surface area (Å²) >= 11 is 0. The highest BCUT2D eigenvalue weighted by atomic mass is 19.1. The van der Waals surface area contributed by atoms with E-state index < -0.39 is 0 Å². The number of fused-ring (bicyclic) bond motifs is 1. The highest BCUT2D eigenvalue weighted by Gasteiger charge is 2.27. The Balaban J connectivity index is 2.29. The first-order valence-electron chi connectivity index (χ1n) is 6.20. The molecule has 0 bridgehead atoms. The van der Waals surface area contributed by atoms with Crippen molar-refractivity contribution < 1.29 is 9.13 Å². The first-order valence-corrected chi connectivity index (χ1v) is 6.20. The third-order valence-electron chi connectivity index (χ3n) is 3.18. The molecule has 96 valence electrons. The van der Waals surface area contributed by atoms with Crippen molar-refractivity contribution in [2.75, 3.05) is 18.0 Å². The van der Waals surface area contributed by atoms with E-state index >= 15 is 0 Å². The number of hydrogen-bond acceptors (Lipinski definition) is 3. The Bertz CT molecular complexity index is 467. The van der Waals surface area contributed by atoms with Gasteiger partial charge in [0.05, 0.1) is 24.7 Å². The van der Waals surface area contributed by atoms with Crippen LogP contribution in [0.15, 0.2) is 18.2 Å². The molecule has 1 aromatic rings. The number of hydrogen-bond donors (Lipinski definition) is 0. The number of ether oxygens (including phenoxy) is 1. The van der Waals surface area contributed by atoms with E-state index in [2.05, 4.69) is 19.9 Å². The Hall–Kier alpha value is -1.76. The number of anilines is 1. The second kappa shape index (κ2) is 5.26. The van der Waals surface area contributed by atoms with Crippen molar-refractivity contribution in [3.8, 4) is 11.8 Å². The van der Waals surface area contributed by atoms with Crippen molar-refractivity contribution in [2.24, 2.45) is 5.92 Å². The van der Waals surface area contributed by atoms with Gasteiger partial charge in [0.15, 0.2) is 0 Å². The van der Waals surface area contributed by atoms with Gasteiger partial charge in [-0.25, -0.2) is 4.39 Å². The molecule has 1 aromatic carbocycles. The van der Waals surface area contributed by atoms with Gasteiger partial charge in [-0.2, -0.15) is 5.26 Å². The lowest BCUT2D eigenvalue weighted by molar-refractivity contribution is 0.145. The first kappa shape index (κ1) is 12.7. The first-order chi connectivity index (χ1) is 8.61. The zero-order valence-electron chi connectivity index (χ0n) is 10.7. The van der Waals surface area contributed by atoms with Crippen LogP contribution in [0.5, 0.6) is 5.75 Å². The van der Waals surface area contributed by atoms with Gasteiger partial charge in [-0.15, -0.1) is 0 Å². The molecular formula is C14H17FN2O. The average Bonchev–Trinajstić information content (AvgIpc) is 2.35. The number of nitriles is 1. The van der Waals surface area contributed by atoms with Crippen LogP contribution < -0.4 is 9.64 Å². The maximum Gasteiger partial charge on any atom is 0.143 e. The van der Waals surface area contributed by atoms with Gasteiger partial charge >= 0.3 is 0 Å². The monoisotopic (exact) mass is 248 g/mol. The summed E-state index contributed by atoms with van der Waals surface area (Å²) in [5, 5.41) is 8.69.